The van der Waals surface area contributed by atoms with Gasteiger partial charge in [0, 0.05) is 11.9 Å². The molecule has 0 unspecified atom stereocenters. The number of nitrogens with zero attached hydrogens (tertiary/aromatic N) is 2. The lowest BCUT2D eigenvalue weighted by atomic mass is 10.3. The van der Waals surface area contributed by atoms with Gasteiger partial charge in [-0.1, -0.05) is 6.07 Å². The summed E-state index contributed by atoms with van der Waals surface area (Å²) < 4.78 is 0. The van der Waals surface area contributed by atoms with Gasteiger partial charge in [-0.25, -0.2) is 4.98 Å². The highest BCUT2D eigenvalue weighted by Gasteiger charge is 2.00. The van der Waals surface area contributed by atoms with Crippen LogP contribution in [0, 0.1) is 12.3 Å². The SMILES string of the molecule is Cc1cccc(-c2nc[c]s2)n1. The summed E-state index contributed by atoms with van der Waals surface area (Å²) in [6, 6.07) is 5.92. The third kappa shape index (κ3) is 1.36. The van der Waals surface area contributed by atoms with Crippen LogP contribution in [0.15, 0.2) is 24.4 Å². The van der Waals surface area contributed by atoms with Crippen molar-refractivity contribution in [3.63, 3.8) is 0 Å². The number of aryl methyl sites for hydroxylation is 1. The molecule has 2 heterocycles. The third-order valence-corrected chi connectivity index (χ3v) is 2.23. The maximum Gasteiger partial charge on any atom is 0.142 e. The Morgan fingerprint density at radius 1 is 1.42 bits per heavy atom. The van der Waals surface area contributed by atoms with Crippen molar-refractivity contribution in [1.82, 2.24) is 9.97 Å². The average Bonchev–Trinajstić information content (AvgIpc) is 2.56. The zero-order chi connectivity index (χ0) is 8.39. The van der Waals surface area contributed by atoms with E-state index in [1.807, 2.05) is 25.1 Å². The number of hydrogen-bond acceptors (Lipinski definition) is 3. The van der Waals surface area contributed by atoms with Crippen LogP contribution >= 0.6 is 11.3 Å². The summed E-state index contributed by atoms with van der Waals surface area (Å²) in [7, 11) is 0. The molecule has 0 N–H and O–H groups in total. The minimum Gasteiger partial charge on any atom is -0.251 e. The first-order chi connectivity index (χ1) is 5.86. The molecule has 2 rings (SSSR count). The molecule has 2 nitrogen and oxygen atoms in total. The first-order valence-corrected chi connectivity index (χ1v) is 4.44. The number of hydrogen-bond donors (Lipinski definition) is 0. The lowest BCUT2D eigenvalue weighted by molar-refractivity contribution is 1.19. The fraction of sp³-hybridized carbons (Fsp3) is 0.111. The van der Waals surface area contributed by atoms with Crippen LogP contribution in [0.25, 0.3) is 10.7 Å². The molecule has 12 heavy (non-hydrogen) atoms. The second-order valence-corrected chi connectivity index (χ2v) is 3.27. The van der Waals surface area contributed by atoms with E-state index in [-0.39, 0.29) is 0 Å². The molecule has 0 saturated heterocycles. The molecule has 59 valence electrons. The van der Waals surface area contributed by atoms with Crippen LogP contribution in [0.1, 0.15) is 5.69 Å². The molecule has 0 bridgehead atoms. The zero-order valence-electron chi connectivity index (χ0n) is 6.61. The molecule has 0 atom stereocenters. The summed E-state index contributed by atoms with van der Waals surface area (Å²) in [5, 5.41) is 3.87. The first kappa shape index (κ1) is 7.43. The van der Waals surface area contributed by atoms with Gasteiger partial charge in [-0.15, -0.1) is 11.3 Å². The van der Waals surface area contributed by atoms with Crippen molar-refractivity contribution >= 4 is 11.3 Å². The summed E-state index contributed by atoms with van der Waals surface area (Å²) in [5.74, 6) is 0. The fourth-order valence-corrected chi connectivity index (χ4v) is 1.51. The van der Waals surface area contributed by atoms with Crippen LogP contribution in [-0.4, -0.2) is 9.97 Å². The predicted molar refractivity (Wildman–Crippen MR) is 48.9 cm³/mol. The van der Waals surface area contributed by atoms with Crippen molar-refractivity contribution in [2.75, 3.05) is 0 Å². The lowest BCUT2D eigenvalue weighted by Crippen LogP contribution is -1.84. The molecule has 0 aromatic carbocycles. The van der Waals surface area contributed by atoms with Crippen LogP contribution in [-0.2, 0) is 0 Å². The summed E-state index contributed by atoms with van der Waals surface area (Å²) >= 11 is 1.49. The smallest absolute Gasteiger partial charge is 0.142 e. The third-order valence-electron chi connectivity index (χ3n) is 1.50. The van der Waals surface area contributed by atoms with Gasteiger partial charge in [0.05, 0.1) is 11.1 Å². The Morgan fingerprint density at radius 3 is 3.00 bits per heavy atom. The molecular formula is C9H7N2S. The van der Waals surface area contributed by atoms with E-state index in [1.165, 1.54) is 11.3 Å². The molecular weight excluding hydrogens is 168 g/mol. The van der Waals surface area contributed by atoms with E-state index in [4.69, 9.17) is 0 Å². The van der Waals surface area contributed by atoms with Gasteiger partial charge in [-0.05, 0) is 19.1 Å². The van der Waals surface area contributed by atoms with E-state index in [9.17, 15) is 0 Å². The highest BCUT2D eigenvalue weighted by molar-refractivity contribution is 7.12. The Hall–Kier alpha value is -1.22. The van der Waals surface area contributed by atoms with Crippen molar-refractivity contribution < 1.29 is 0 Å². The molecule has 2 aromatic rings. The van der Waals surface area contributed by atoms with Gasteiger partial charge >= 0.3 is 0 Å². The van der Waals surface area contributed by atoms with Gasteiger partial charge in [-0.3, -0.25) is 4.98 Å². The standard InChI is InChI=1S/C9H7N2S/c1-7-3-2-4-8(11-7)9-10-5-6-12-9/h2-5H,1H3. The van der Waals surface area contributed by atoms with Gasteiger partial charge < -0.3 is 0 Å². The first-order valence-electron chi connectivity index (χ1n) is 3.62. The van der Waals surface area contributed by atoms with Crippen LogP contribution in [0.3, 0.4) is 0 Å². The van der Waals surface area contributed by atoms with Crippen molar-refractivity contribution in [3.8, 4) is 10.7 Å². The van der Waals surface area contributed by atoms with Gasteiger partial charge in [-0.2, -0.15) is 0 Å². The van der Waals surface area contributed by atoms with E-state index in [2.05, 4.69) is 15.3 Å². The molecule has 3 heteroatoms. The number of thiazole rings is 1. The molecule has 0 fully saturated rings. The number of rotatable bonds is 1. The molecule has 0 aliphatic heterocycles. The second kappa shape index (κ2) is 3.03. The Labute approximate surface area is 74.9 Å². The monoisotopic (exact) mass is 175 g/mol. The van der Waals surface area contributed by atoms with Crippen molar-refractivity contribution in [3.05, 3.63) is 35.5 Å². The van der Waals surface area contributed by atoms with E-state index < -0.39 is 0 Å². The van der Waals surface area contributed by atoms with Crippen LogP contribution in [0.5, 0.6) is 0 Å². The Bertz CT molecular complexity index is 368. The average molecular weight is 175 g/mol. The molecule has 0 aliphatic carbocycles. The summed E-state index contributed by atoms with van der Waals surface area (Å²) in [5.41, 5.74) is 1.95. The van der Waals surface area contributed by atoms with E-state index >= 15 is 0 Å². The van der Waals surface area contributed by atoms with Crippen molar-refractivity contribution in [2.45, 2.75) is 6.92 Å². The van der Waals surface area contributed by atoms with Crippen LogP contribution in [0.4, 0.5) is 0 Å². The van der Waals surface area contributed by atoms with E-state index in [0.717, 1.165) is 16.4 Å². The molecule has 0 aliphatic rings. The molecule has 1 radical (unpaired) electrons. The minimum atomic E-state index is 0.929. The Morgan fingerprint density at radius 2 is 2.33 bits per heavy atom. The summed E-state index contributed by atoms with van der Waals surface area (Å²) in [6.07, 6.45) is 1.67. The fourth-order valence-electron chi connectivity index (χ4n) is 0.974. The maximum atomic E-state index is 4.34. The number of pyridine rings is 1. The molecule has 0 spiro atoms. The quantitative estimate of drug-likeness (QED) is 0.664. The van der Waals surface area contributed by atoms with Crippen molar-refractivity contribution in [1.29, 1.82) is 0 Å². The van der Waals surface area contributed by atoms with Crippen molar-refractivity contribution in [2.24, 2.45) is 0 Å². The zero-order valence-corrected chi connectivity index (χ0v) is 7.43. The predicted octanol–water partition coefficient (Wildman–Crippen LogP) is 2.31. The molecule has 0 saturated carbocycles. The van der Waals surface area contributed by atoms with Crippen LogP contribution < -0.4 is 0 Å². The Kier molecular flexibility index (Phi) is 1.87. The van der Waals surface area contributed by atoms with Gasteiger partial charge in [0.1, 0.15) is 5.01 Å². The highest BCUT2D eigenvalue weighted by atomic mass is 32.1. The minimum absolute atomic E-state index is 0.929. The molecule has 2 aromatic heterocycles. The normalized spacial score (nSPS) is 10.1. The molecule has 0 amide bonds. The second-order valence-electron chi connectivity index (χ2n) is 2.45. The largest absolute Gasteiger partial charge is 0.251 e. The highest BCUT2D eigenvalue weighted by Crippen LogP contribution is 2.18. The lowest BCUT2D eigenvalue weighted by Gasteiger charge is -1.95. The van der Waals surface area contributed by atoms with Crippen LogP contribution in [0.2, 0.25) is 0 Å². The van der Waals surface area contributed by atoms with Gasteiger partial charge in [0.25, 0.3) is 0 Å². The van der Waals surface area contributed by atoms with Gasteiger partial charge in [0.15, 0.2) is 0 Å². The number of aromatic nitrogens is 2. The topological polar surface area (TPSA) is 25.8 Å². The van der Waals surface area contributed by atoms with E-state index in [1.54, 1.807) is 6.20 Å². The summed E-state index contributed by atoms with van der Waals surface area (Å²) in [6.45, 7) is 1.97. The summed E-state index contributed by atoms with van der Waals surface area (Å²) in [4.78, 5) is 8.47. The van der Waals surface area contributed by atoms with Gasteiger partial charge in [0.2, 0.25) is 0 Å². The maximum absolute atomic E-state index is 4.34. The Balaban J connectivity index is 2.48. The van der Waals surface area contributed by atoms with E-state index in [0.29, 0.717) is 0 Å².